The molecule has 78 valence electrons. The molecule has 0 amide bonds. The summed E-state index contributed by atoms with van der Waals surface area (Å²) < 4.78 is 13.5. The molecule has 2 aromatic rings. The first kappa shape index (κ1) is 10.3. The fourth-order valence-corrected chi connectivity index (χ4v) is 1.82. The molecule has 0 saturated heterocycles. The van der Waals surface area contributed by atoms with Gasteiger partial charge in [0.2, 0.25) is 0 Å². The molecular formula is C10H9BrFN3. The maximum atomic E-state index is 12.9. The molecule has 0 spiro atoms. The molecule has 0 fully saturated rings. The summed E-state index contributed by atoms with van der Waals surface area (Å²) in [5.74, 6) is 0.401. The van der Waals surface area contributed by atoms with Crippen molar-refractivity contribution in [1.82, 2.24) is 9.97 Å². The standard InChI is InChI=1S/C10H9BrFN3/c11-9-3-6(12)1-2-8(9)10-14-5-7(4-13)15-10/h1-3,5H,4,13H2,(H,14,15). The Bertz CT molecular complexity index is 481. The van der Waals surface area contributed by atoms with E-state index in [9.17, 15) is 4.39 Å². The molecule has 1 aromatic heterocycles. The lowest BCUT2D eigenvalue weighted by molar-refractivity contribution is 0.627. The van der Waals surface area contributed by atoms with Gasteiger partial charge < -0.3 is 10.7 Å². The van der Waals surface area contributed by atoms with E-state index < -0.39 is 0 Å². The number of hydrogen-bond donors (Lipinski definition) is 2. The number of imidazole rings is 1. The Morgan fingerprint density at radius 1 is 1.47 bits per heavy atom. The number of nitrogens with one attached hydrogen (secondary N) is 1. The van der Waals surface area contributed by atoms with Crippen molar-refractivity contribution in [3.63, 3.8) is 0 Å². The topological polar surface area (TPSA) is 54.7 Å². The Balaban J connectivity index is 2.44. The van der Waals surface area contributed by atoms with Crippen molar-refractivity contribution in [3.8, 4) is 11.4 Å². The van der Waals surface area contributed by atoms with Gasteiger partial charge in [-0.3, -0.25) is 0 Å². The van der Waals surface area contributed by atoms with E-state index in [-0.39, 0.29) is 5.82 Å². The molecule has 0 bridgehead atoms. The Hall–Kier alpha value is -1.20. The van der Waals surface area contributed by atoms with Crippen LogP contribution < -0.4 is 5.73 Å². The average Bonchev–Trinajstić information content (AvgIpc) is 2.66. The van der Waals surface area contributed by atoms with Crippen molar-refractivity contribution in [3.05, 3.63) is 40.4 Å². The molecule has 0 radical (unpaired) electrons. The SMILES string of the molecule is NCc1cnc(-c2ccc(F)cc2Br)[nH]1. The molecule has 0 saturated carbocycles. The van der Waals surface area contributed by atoms with Gasteiger partial charge in [0.05, 0.1) is 0 Å². The molecule has 0 aliphatic carbocycles. The van der Waals surface area contributed by atoms with Crippen molar-refractivity contribution in [2.75, 3.05) is 0 Å². The van der Waals surface area contributed by atoms with Gasteiger partial charge in [-0.05, 0) is 34.1 Å². The van der Waals surface area contributed by atoms with Crippen LogP contribution in [0.2, 0.25) is 0 Å². The fraction of sp³-hybridized carbons (Fsp3) is 0.100. The van der Waals surface area contributed by atoms with Crippen LogP contribution in [0.1, 0.15) is 5.69 Å². The second kappa shape index (κ2) is 4.12. The van der Waals surface area contributed by atoms with Crippen LogP contribution in [0, 0.1) is 5.82 Å². The first-order chi connectivity index (χ1) is 7.20. The van der Waals surface area contributed by atoms with Crippen molar-refractivity contribution in [2.24, 2.45) is 5.73 Å². The molecule has 0 aliphatic rings. The third-order valence-corrected chi connectivity index (χ3v) is 2.69. The molecule has 5 heteroatoms. The smallest absolute Gasteiger partial charge is 0.138 e. The molecule has 3 N–H and O–H groups in total. The van der Waals surface area contributed by atoms with Gasteiger partial charge in [0.15, 0.2) is 0 Å². The predicted octanol–water partition coefficient (Wildman–Crippen LogP) is 2.44. The molecule has 15 heavy (non-hydrogen) atoms. The van der Waals surface area contributed by atoms with Crippen LogP contribution in [-0.2, 0) is 6.54 Å². The summed E-state index contributed by atoms with van der Waals surface area (Å²) in [6, 6.07) is 4.46. The lowest BCUT2D eigenvalue weighted by atomic mass is 10.2. The first-order valence-corrected chi connectivity index (χ1v) is 5.19. The normalized spacial score (nSPS) is 10.6. The van der Waals surface area contributed by atoms with Crippen molar-refractivity contribution >= 4 is 15.9 Å². The van der Waals surface area contributed by atoms with Crippen LogP contribution in [0.4, 0.5) is 4.39 Å². The number of aromatic amines is 1. The molecule has 1 aromatic carbocycles. The second-order valence-corrected chi connectivity index (χ2v) is 3.94. The van der Waals surface area contributed by atoms with Crippen molar-refractivity contribution < 1.29 is 4.39 Å². The highest BCUT2D eigenvalue weighted by Gasteiger charge is 2.07. The van der Waals surface area contributed by atoms with Crippen LogP contribution in [0.5, 0.6) is 0 Å². The average molecular weight is 270 g/mol. The zero-order valence-electron chi connectivity index (χ0n) is 7.80. The third-order valence-electron chi connectivity index (χ3n) is 2.03. The third kappa shape index (κ3) is 2.08. The van der Waals surface area contributed by atoms with E-state index in [1.807, 2.05) is 0 Å². The van der Waals surface area contributed by atoms with E-state index in [1.54, 1.807) is 12.3 Å². The van der Waals surface area contributed by atoms with E-state index in [2.05, 4.69) is 25.9 Å². The number of halogens is 2. The largest absolute Gasteiger partial charge is 0.341 e. The van der Waals surface area contributed by atoms with E-state index in [4.69, 9.17) is 5.73 Å². The van der Waals surface area contributed by atoms with Crippen molar-refractivity contribution in [1.29, 1.82) is 0 Å². The van der Waals surface area contributed by atoms with Crippen LogP contribution >= 0.6 is 15.9 Å². The number of hydrogen-bond acceptors (Lipinski definition) is 2. The zero-order chi connectivity index (χ0) is 10.8. The van der Waals surface area contributed by atoms with Gasteiger partial charge in [-0.25, -0.2) is 9.37 Å². The quantitative estimate of drug-likeness (QED) is 0.880. The Kier molecular flexibility index (Phi) is 2.83. The van der Waals surface area contributed by atoms with E-state index in [0.29, 0.717) is 16.8 Å². The van der Waals surface area contributed by atoms with Gasteiger partial charge in [0.25, 0.3) is 0 Å². The molecule has 0 atom stereocenters. The maximum Gasteiger partial charge on any atom is 0.138 e. The summed E-state index contributed by atoms with van der Waals surface area (Å²) >= 11 is 3.28. The van der Waals surface area contributed by atoms with E-state index >= 15 is 0 Å². The van der Waals surface area contributed by atoms with Crippen LogP contribution in [-0.4, -0.2) is 9.97 Å². The number of rotatable bonds is 2. The Labute approximate surface area is 94.7 Å². The van der Waals surface area contributed by atoms with Gasteiger partial charge in [-0.2, -0.15) is 0 Å². The van der Waals surface area contributed by atoms with Crippen LogP contribution in [0.3, 0.4) is 0 Å². The van der Waals surface area contributed by atoms with Gasteiger partial charge >= 0.3 is 0 Å². The predicted molar refractivity (Wildman–Crippen MR) is 59.6 cm³/mol. The molecule has 2 rings (SSSR count). The highest BCUT2D eigenvalue weighted by molar-refractivity contribution is 9.10. The summed E-state index contributed by atoms with van der Waals surface area (Å²) in [6.07, 6.45) is 1.67. The molecule has 3 nitrogen and oxygen atoms in total. The summed E-state index contributed by atoms with van der Waals surface area (Å²) in [5.41, 5.74) is 7.12. The van der Waals surface area contributed by atoms with Gasteiger partial charge in [0, 0.05) is 28.5 Å². The highest BCUT2D eigenvalue weighted by Crippen LogP contribution is 2.26. The summed E-state index contributed by atoms with van der Waals surface area (Å²) in [5, 5.41) is 0. The zero-order valence-corrected chi connectivity index (χ0v) is 9.38. The molecule has 0 unspecified atom stereocenters. The number of nitrogens with two attached hydrogens (primary N) is 1. The van der Waals surface area contributed by atoms with E-state index in [0.717, 1.165) is 11.3 Å². The highest BCUT2D eigenvalue weighted by atomic mass is 79.9. The van der Waals surface area contributed by atoms with Gasteiger partial charge in [-0.1, -0.05) is 0 Å². The fourth-order valence-electron chi connectivity index (χ4n) is 1.28. The second-order valence-electron chi connectivity index (χ2n) is 3.09. The molecular weight excluding hydrogens is 261 g/mol. The van der Waals surface area contributed by atoms with Crippen LogP contribution in [0.25, 0.3) is 11.4 Å². The van der Waals surface area contributed by atoms with Gasteiger partial charge in [-0.15, -0.1) is 0 Å². The number of H-pyrrole nitrogens is 1. The molecule has 0 aliphatic heterocycles. The minimum absolute atomic E-state index is 0.281. The lowest BCUT2D eigenvalue weighted by Gasteiger charge is -2.00. The monoisotopic (exact) mass is 269 g/mol. The molecule has 1 heterocycles. The lowest BCUT2D eigenvalue weighted by Crippen LogP contribution is -1.95. The van der Waals surface area contributed by atoms with E-state index in [1.165, 1.54) is 12.1 Å². The summed E-state index contributed by atoms with van der Waals surface area (Å²) in [7, 11) is 0. The first-order valence-electron chi connectivity index (χ1n) is 4.40. The number of nitrogens with zero attached hydrogens (tertiary/aromatic N) is 1. The minimum atomic E-state index is -0.281. The van der Waals surface area contributed by atoms with Gasteiger partial charge in [0.1, 0.15) is 11.6 Å². The maximum absolute atomic E-state index is 12.9. The summed E-state index contributed by atoms with van der Waals surface area (Å²) in [6.45, 7) is 0.409. The Morgan fingerprint density at radius 3 is 2.87 bits per heavy atom. The number of aromatic nitrogens is 2. The Morgan fingerprint density at radius 2 is 2.27 bits per heavy atom. The summed E-state index contributed by atoms with van der Waals surface area (Å²) in [4.78, 5) is 7.21. The number of benzene rings is 1. The van der Waals surface area contributed by atoms with Crippen LogP contribution in [0.15, 0.2) is 28.9 Å². The minimum Gasteiger partial charge on any atom is -0.341 e. The van der Waals surface area contributed by atoms with Crippen molar-refractivity contribution in [2.45, 2.75) is 6.54 Å².